The molecule has 0 N–H and O–H groups in total. The van der Waals surface area contributed by atoms with Gasteiger partial charge in [0.2, 0.25) is 11.4 Å². The summed E-state index contributed by atoms with van der Waals surface area (Å²) in [5, 5.41) is 0. The Morgan fingerprint density at radius 1 is 0.366 bits per heavy atom. The Hall–Kier alpha value is -8.50. The summed E-state index contributed by atoms with van der Waals surface area (Å²) in [5.74, 6) is 0. The first-order chi connectivity index (χ1) is 39.4. The molecule has 0 unspecified atom stereocenters. The fourth-order valence-corrected chi connectivity index (χ4v) is 14.3. The van der Waals surface area contributed by atoms with Gasteiger partial charge in [-0.15, -0.1) is 26.7 Å². The van der Waals surface area contributed by atoms with Gasteiger partial charge in [-0.2, -0.15) is 0 Å². The highest BCUT2D eigenvalue weighted by Gasteiger charge is 2.61. The number of hydrogen-bond acceptors (Lipinski definition) is 2. The predicted octanol–water partition coefficient (Wildman–Crippen LogP) is 19.2. The van der Waals surface area contributed by atoms with E-state index in [9.17, 15) is 0 Å². The van der Waals surface area contributed by atoms with E-state index >= 15 is 17.6 Å². The number of fused-ring (bicyclic) bond motifs is 4. The first-order valence-corrected chi connectivity index (χ1v) is 28.9. The van der Waals surface area contributed by atoms with Gasteiger partial charge in [-0.3, -0.25) is 0 Å². The number of nitrogens with zero attached hydrogens (tertiary/aromatic N) is 6. The molecule has 0 spiro atoms. The van der Waals surface area contributed by atoms with E-state index in [1.165, 1.54) is 18.3 Å². The van der Waals surface area contributed by atoms with Crippen LogP contribution in [0.3, 0.4) is 0 Å². The average molecular weight is 1100 g/mol. The maximum atomic E-state index is 17.0. The third-order valence-electron chi connectivity index (χ3n) is 18.1. The molecule has 0 atom stereocenters. The zero-order valence-electron chi connectivity index (χ0n) is 49.0. The molecule has 0 saturated carbocycles. The minimum absolute atomic E-state index is 0.583. The van der Waals surface area contributed by atoms with Gasteiger partial charge in [-0.05, 0) is 185 Å². The number of halogens is 4. The van der Waals surface area contributed by atoms with Crippen molar-refractivity contribution in [3.05, 3.63) is 248 Å². The van der Waals surface area contributed by atoms with Crippen molar-refractivity contribution < 1.29 is 26.7 Å². The molecular formula is C72H70F4N6+2. The minimum Gasteiger partial charge on any atom is -0.311 e. The quantitative estimate of drug-likeness (QED) is 0.0652. The van der Waals surface area contributed by atoms with E-state index < -0.39 is 12.3 Å². The fraction of sp³-hybridized carbons (Fsp3) is 0.250. The molecule has 0 bridgehead atoms. The predicted molar refractivity (Wildman–Crippen MR) is 328 cm³/mol. The van der Waals surface area contributed by atoms with Crippen LogP contribution in [0.15, 0.2) is 191 Å². The standard InChI is InChI=1S/C72H70F4N6/c1-13-61-43(5)67-65(68-44(6)62(14-2)48(10)80(68)71(73,74)79(67)47(61)9)53-31-39-59(40-32-53)77(55-23-19-17-20-24-55)57-35-27-51(28-36-57)52-29-37-58(38-30-52)78(56-25-21-18-22-26-56)60-41-33-54(34-42-60)66-69-45(7)63(15-3)49(11)81(69)72(75,76)82-50(12)64(16-4)46(8)70(66)82/h17-42H,13-16H2,1-12H3/q+2. The maximum Gasteiger partial charge on any atom is 0.565 e. The van der Waals surface area contributed by atoms with Gasteiger partial charge in [0.15, 0.2) is 11.4 Å². The lowest BCUT2D eigenvalue weighted by atomic mass is 9.92. The molecule has 0 aliphatic carbocycles. The number of alkyl halides is 4. The number of aromatic nitrogens is 2. The van der Waals surface area contributed by atoms with Crippen molar-refractivity contribution in [1.82, 2.24) is 9.13 Å². The van der Waals surface area contributed by atoms with Gasteiger partial charge >= 0.3 is 12.3 Å². The van der Waals surface area contributed by atoms with Crippen LogP contribution in [0.2, 0.25) is 0 Å². The minimum atomic E-state index is -3.27. The van der Waals surface area contributed by atoms with E-state index in [2.05, 4.69) is 131 Å². The van der Waals surface area contributed by atoms with Crippen molar-refractivity contribution in [2.24, 2.45) is 0 Å². The first kappa shape index (κ1) is 54.1. The second-order valence-corrected chi connectivity index (χ2v) is 22.2. The van der Waals surface area contributed by atoms with Gasteiger partial charge in [0.25, 0.3) is 0 Å². The monoisotopic (exact) mass is 1090 g/mol. The Bertz CT molecular complexity index is 3840. The Morgan fingerprint density at radius 3 is 0.927 bits per heavy atom. The zero-order chi connectivity index (χ0) is 57.8. The van der Waals surface area contributed by atoms with Crippen molar-refractivity contribution in [3.63, 3.8) is 0 Å². The van der Waals surface area contributed by atoms with Crippen LogP contribution in [0, 0.1) is 27.7 Å². The van der Waals surface area contributed by atoms with Crippen LogP contribution in [-0.2, 0) is 25.2 Å². The first-order valence-electron chi connectivity index (χ1n) is 28.9. The van der Waals surface area contributed by atoms with Gasteiger partial charge in [0.1, 0.15) is 0 Å². The number of hydrogen-bond donors (Lipinski definition) is 0. The van der Waals surface area contributed by atoms with E-state index in [-0.39, 0.29) is 0 Å². The summed E-state index contributed by atoms with van der Waals surface area (Å²) >= 11 is 0. The molecule has 12 rings (SSSR count). The van der Waals surface area contributed by atoms with Crippen LogP contribution >= 0.6 is 0 Å². The summed E-state index contributed by atoms with van der Waals surface area (Å²) in [6, 6.07) is 54.5. The van der Waals surface area contributed by atoms with Crippen LogP contribution < -0.4 is 9.80 Å². The van der Waals surface area contributed by atoms with Crippen molar-refractivity contribution >= 4 is 56.7 Å². The molecule has 6 heterocycles. The molecule has 414 valence electrons. The lowest BCUT2D eigenvalue weighted by Gasteiger charge is -2.28. The fourth-order valence-electron chi connectivity index (χ4n) is 14.3. The maximum absolute atomic E-state index is 17.0. The third kappa shape index (κ3) is 7.94. The van der Waals surface area contributed by atoms with Crippen LogP contribution in [0.5, 0.6) is 0 Å². The largest absolute Gasteiger partial charge is 0.565 e. The average Bonchev–Trinajstić information content (AvgIpc) is 2.11. The molecular weight excluding hydrogens is 1020 g/mol. The van der Waals surface area contributed by atoms with Crippen molar-refractivity contribution in [3.8, 4) is 11.1 Å². The number of benzene rings is 6. The van der Waals surface area contributed by atoms with Gasteiger partial charge in [-0.25, -0.2) is 9.13 Å². The molecule has 82 heavy (non-hydrogen) atoms. The highest BCUT2D eigenvalue weighted by atomic mass is 19.3. The van der Waals surface area contributed by atoms with Crippen molar-refractivity contribution in [2.75, 3.05) is 9.80 Å². The molecule has 6 nitrogen and oxygen atoms in total. The molecule has 0 radical (unpaired) electrons. The Balaban J connectivity index is 0.878. The Kier molecular flexibility index (Phi) is 13.3. The smallest absolute Gasteiger partial charge is 0.311 e. The molecule has 0 amide bonds. The lowest BCUT2D eigenvalue weighted by molar-refractivity contribution is -0.676. The van der Waals surface area contributed by atoms with Crippen LogP contribution in [-0.4, -0.2) is 29.7 Å². The van der Waals surface area contributed by atoms with E-state index in [0.717, 1.165) is 112 Å². The summed E-state index contributed by atoms with van der Waals surface area (Å²) in [4.78, 5) is 4.46. The number of anilines is 6. The highest BCUT2D eigenvalue weighted by molar-refractivity contribution is 6.02. The Morgan fingerprint density at radius 2 is 0.646 bits per heavy atom. The summed E-state index contributed by atoms with van der Waals surface area (Å²) in [6.07, 6.45) is -3.89. The Labute approximate surface area is 479 Å². The molecule has 0 saturated heterocycles. The van der Waals surface area contributed by atoms with Crippen molar-refractivity contribution in [1.29, 1.82) is 0 Å². The molecule has 4 aliphatic heterocycles. The summed E-state index contributed by atoms with van der Waals surface area (Å²) in [7, 11) is 0. The second kappa shape index (κ2) is 20.2. The molecule has 8 aromatic rings. The lowest BCUT2D eigenvalue weighted by Crippen LogP contribution is -2.43. The topological polar surface area (TPSA) is 22.4 Å². The third-order valence-corrected chi connectivity index (χ3v) is 18.1. The van der Waals surface area contributed by atoms with Crippen LogP contribution in [0.4, 0.5) is 51.7 Å². The van der Waals surface area contributed by atoms with E-state index in [1.54, 1.807) is 0 Å². The van der Waals surface area contributed by atoms with Gasteiger partial charge in [0.05, 0.1) is 22.5 Å². The molecule has 10 heteroatoms. The summed E-state index contributed by atoms with van der Waals surface area (Å²) < 4.78 is 73.1. The van der Waals surface area contributed by atoms with Crippen LogP contribution in [0.25, 0.3) is 22.3 Å². The number of para-hydroxylation sites is 2. The van der Waals surface area contributed by atoms with Gasteiger partial charge in [-0.1, -0.05) is 113 Å². The van der Waals surface area contributed by atoms with E-state index in [1.807, 2.05) is 119 Å². The molecule has 6 aromatic carbocycles. The van der Waals surface area contributed by atoms with Gasteiger partial charge < -0.3 is 9.80 Å². The molecule has 4 aliphatic rings. The molecule has 2 aromatic heterocycles. The highest BCUT2D eigenvalue weighted by Crippen LogP contribution is 2.53. The number of allylic oxidation sites excluding steroid dienone is 4. The van der Waals surface area contributed by atoms with Crippen molar-refractivity contribution in [2.45, 2.75) is 121 Å². The van der Waals surface area contributed by atoms with Gasteiger partial charge in [0, 0.05) is 81.7 Å². The second-order valence-electron chi connectivity index (χ2n) is 22.2. The van der Waals surface area contributed by atoms with E-state index in [4.69, 9.17) is 0 Å². The molecule has 0 fully saturated rings. The summed E-state index contributed by atoms with van der Waals surface area (Å²) in [6.45, 7) is 23.5. The van der Waals surface area contributed by atoms with Crippen LogP contribution in [0.1, 0.15) is 124 Å². The zero-order valence-corrected chi connectivity index (χ0v) is 49.0. The SMILES string of the molecule is CCC1=C(C)C2=C(c3ccc(N(c4ccccc4)c4ccc(-c5ccc(N(c6ccccc6)c6ccc(C7=C8C(C)=C(CC)C(C)=[N+]8C(F)(F)n8c(C)c(CC)c(C)c87)cc6)cc5)cc4)cc3)c3c(C)c(CC)c(C)n3C(F)(F)[N+]2=C1C. The summed E-state index contributed by atoms with van der Waals surface area (Å²) in [5.41, 5.74) is 23.5. The number of rotatable bonds is 13. The normalized spacial score (nSPS) is 16.1. The van der Waals surface area contributed by atoms with E-state index in [0.29, 0.717) is 71.3 Å².